The summed E-state index contributed by atoms with van der Waals surface area (Å²) in [6.45, 7) is 4.99. The van der Waals surface area contributed by atoms with Crippen LogP contribution in [0.15, 0.2) is 24.3 Å². The minimum absolute atomic E-state index is 0.0828. The van der Waals surface area contributed by atoms with Crippen molar-refractivity contribution in [3.05, 3.63) is 29.8 Å². The van der Waals surface area contributed by atoms with Gasteiger partial charge in [0.05, 0.1) is 6.42 Å². The topological polar surface area (TPSA) is 95.5 Å². The van der Waals surface area contributed by atoms with Crippen LogP contribution in [0.3, 0.4) is 0 Å². The summed E-state index contributed by atoms with van der Waals surface area (Å²) in [5.74, 6) is -1.71. The van der Waals surface area contributed by atoms with Gasteiger partial charge in [0.2, 0.25) is 11.8 Å². The molecule has 1 aromatic carbocycles. The lowest BCUT2D eigenvalue weighted by Crippen LogP contribution is -2.46. The van der Waals surface area contributed by atoms with Crippen LogP contribution in [-0.4, -0.2) is 28.9 Å². The zero-order valence-corrected chi connectivity index (χ0v) is 12.3. The lowest BCUT2D eigenvalue weighted by Gasteiger charge is -2.21. The molecule has 1 unspecified atom stereocenters. The number of para-hydroxylation sites is 1. The number of benzene rings is 1. The predicted octanol–water partition coefficient (Wildman–Crippen LogP) is 1.41. The van der Waals surface area contributed by atoms with Crippen molar-refractivity contribution in [3.8, 4) is 0 Å². The van der Waals surface area contributed by atoms with Gasteiger partial charge in [-0.15, -0.1) is 0 Å². The van der Waals surface area contributed by atoms with E-state index in [0.717, 1.165) is 0 Å². The molecular weight excluding hydrogens is 272 g/mol. The van der Waals surface area contributed by atoms with Crippen molar-refractivity contribution in [2.45, 2.75) is 33.2 Å². The average Bonchev–Trinajstić information content (AvgIpc) is 2.37. The molecule has 1 aromatic rings. The molecule has 0 fully saturated rings. The van der Waals surface area contributed by atoms with E-state index in [2.05, 4.69) is 10.6 Å². The maximum absolute atomic E-state index is 12.3. The number of anilines is 1. The minimum atomic E-state index is -0.973. The van der Waals surface area contributed by atoms with Crippen LogP contribution in [0.1, 0.15) is 26.3 Å². The maximum Gasteiger partial charge on any atom is 0.307 e. The normalized spacial score (nSPS) is 11.8. The molecule has 0 radical (unpaired) electrons. The molecule has 0 aromatic heterocycles. The first kappa shape index (κ1) is 16.7. The summed E-state index contributed by atoms with van der Waals surface area (Å²) < 4.78 is 0. The summed E-state index contributed by atoms with van der Waals surface area (Å²) in [6.07, 6.45) is -0.178. The SMILES string of the molecule is CC(=O)NC(C(=O)Nc1ccccc1CC(=O)O)C(C)C. The Balaban J connectivity index is 2.90. The summed E-state index contributed by atoms with van der Waals surface area (Å²) in [4.78, 5) is 34.2. The third-order valence-corrected chi connectivity index (χ3v) is 2.92. The Morgan fingerprint density at radius 3 is 2.33 bits per heavy atom. The monoisotopic (exact) mass is 292 g/mol. The summed E-state index contributed by atoms with van der Waals surface area (Å²) >= 11 is 0. The lowest BCUT2D eigenvalue weighted by molar-refractivity contribution is -0.136. The first-order valence-electron chi connectivity index (χ1n) is 6.69. The van der Waals surface area contributed by atoms with Crippen molar-refractivity contribution < 1.29 is 19.5 Å². The molecular formula is C15H20N2O4. The maximum atomic E-state index is 12.3. The molecule has 0 bridgehead atoms. The first-order chi connectivity index (χ1) is 9.81. The fourth-order valence-electron chi connectivity index (χ4n) is 1.92. The zero-order valence-electron chi connectivity index (χ0n) is 12.3. The van der Waals surface area contributed by atoms with Gasteiger partial charge in [-0.2, -0.15) is 0 Å². The standard InChI is InChI=1S/C15H20N2O4/c1-9(2)14(16-10(3)18)15(21)17-12-7-5-4-6-11(12)8-13(19)20/h4-7,9,14H,8H2,1-3H3,(H,16,18)(H,17,21)(H,19,20). The summed E-state index contributed by atoms with van der Waals surface area (Å²) in [5, 5.41) is 14.2. The van der Waals surface area contributed by atoms with Gasteiger partial charge in [-0.25, -0.2) is 0 Å². The number of carbonyl (C=O) groups excluding carboxylic acids is 2. The van der Waals surface area contributed by atoms with Crippen molar-refractivity contribution in [1.82, 2.24) is 5.32 Å². The van der Waals surface area contributed by atoms with Gasteiger partial charge in [0.15, 0.2) is 0 Å². The molecule has 114 valence electrons. The van der Waals surface area contributed by atoms with Crippen molar-refractivity contribution in [2.24, 2.45) is 5.92 Å². The minimum Gasteiger partial charge on any atom is -0.481 e. The molecule has 21 heavy (non-hydrogen) atoms. The molecule has 0 aliphatic carbocycles. The Labute approximate surface area is 123 Å². The number of carboxylic acid groups (broad SMARTS) is 1. The Kier molecular flexibility index (Phi) is 5.90. The van der Waals surface area contributed by atoms with Crippen LogP contribution in [0.2, 0.25) is 0 Å². The largest absolute Gasteiger partial charge is 0.481 e. The highest BCUT2D eigenvalue weighted by molar-refractivity contribution is 5.98. The first-order valence-corrected chi connectivity index (χ1v) is 6.69. The van der Waals surface area contributed by atoms with E-state index < -0.39 is 12.0 Å². The van der Waals surface area contributed by atoms with Crippen LogP contribution >= 0.6 is 0 Å². The Hall–Kier alpha value is -2.37. The third-order valence-electron chi connectivity index (χ3n) is 2.92. The highest BCUT2D eigenvalue weighted by Gasteiger charge is 2.23. The third kappa shape index (κ3) is 5.25. The zero-order chi connectivity index (χ0) is 16.0. The average molecular weight is 292 g/mol. The van der Waals surface area contributed by atoms with Gasteiger partial charge >= 0.3 is 5.97 Å². The molecule has 1 atom stereocenters. The van der Waals surface area contributed by atoms with E-state index >= 15 is 0 Å². The molecule has 0 spiro atoms. The smallest absolute Gasteiger partial charge is 0.307 e. The summed E-state index contributed by atoms with van der Waals surface area (Å²) in [6, 6.07) is 6.04. The number of rotatable bonds is 6. The Bertz CT molecular complexity index is 540. The molecule has 0 aliphatic rings. The quantitative estimate of drug-likeness (QED) is 0.738. The number of nitrogens with one attached hydrogen (secondary N) is 2. The molecule has 6 heteroatoms. The van der Waals surface area contributed by atoms with E-state index in [9.17, 15) is 14.4 Å². The summed E-state index contributed by atoms with van der Waals surface area (Å²) in [7, 11) is 0. The highest BCUT2D eigenvalue weighted by Crippen LogP contribution is 2.17. The van der Waals surface area contributed by atoms with Crippen LogP contribution in [0, 0.1) is 5.92 Å². The van der Waals surface area contributed by atoms with Crippen LogP contribution in [0.4, 0.5) is 5.69 Å². The molecule has 2 amide bonds. The van der Waals surface area contributed by atoms with Crippen molar-refractivity contribution >= 4 is 23.5 Å². The van der Waals surface area contributed by atoms with Crippen LogP contribution in [-0.2, 0) is 20.8 Å². The number of carboxylic acids is 1. The van der Waals surface area contributed by atoms with Crippen LogP contribution in [0.25, 0.3) is 0 Å². The molecule has 3 N–H and O–H groups in total. The fourth-order valence-corrected chi connectivity index (χ4v) is 1.92. The van der Waals surface area contributed by atoms with Gasteiger partial charge in [0.25, 0.3) is 0 Å². The van der Waals surface area contributed by atoms with Gasteiger partial charge in [-0.1, -0.05) is 32.0 Å². The van der Waals surface area contributed by atoms with Gasteiger partial charge in [-0.05, 0) is 17.5 Å². The van der Waals surface area contributed by atoms with Gasteiger partial charge in [-0.3, -0.25) is 14.4 Å². The second-order valence-corrected chi connectivity index (χ2v) is 5.14. The van der Waals surface area contributed by atoms with Crippen molar-refractivity contribution in [1.29, 1.82) is 0 Å². The second-order valence-electron chi connectivity index (χ2n) is 5.14. The van der Waals surface area contributed by atoms with Gasteiger partial charge in [0.1, 0.15) is 6.04 Å². The lowest BCUT2D eigenvalue weighted by atomic mass is 10.0. The fraction of sp³-hybridized carbons (Fsp3) is 0.400. The van der Waals surface area contributed by atoms with Crippen LogP contribution in [0.5, 0.6) is 0 Å². The van der Waals surface area contributed by atoms with Gasteiger partial charge < -0.3 is 15.7 Å². The van der Waals surface area contributed by atoms with E-state index in [1.54, 1.807) is 24.3 Å². The highest BCUT2D eigenvalue weighted by atomic mass is 16.4. The number of hydrogen-bond acceptors (Lipinski definition) is 3. The number of carbonyl (C=O) groups is 3. The second kappa shape index (κ2) is 7.42. The van der Waals surface area contributed by atoms with E-state index in [1.165, 1.54) is 6.92 Å². The molecule has 0 heterocycles. The molecule has 0 saturated carbocycles. The Morgan fingerprint density at radius 2 is 1.81 bits per heavy atom. The molecule has 0 aliphatic heterocycles. The summed E-state index contributed by atoms with van der Waals surface area (Å²) in [5.41, 5.74) is 0.963. The van der Waals surface area contributed by atoms with E-state index in [1.807, 2.05) is 13.8 Å². The predicted molar refractivity (Wildman–Crippen MR) is 78.9 cm³/mol. The van der Waals surface area contributed by atoms with Crippen molar-refractivity contribution in [2.75, 3.05) is 5.32 Å². The Morgan fingerprint density at radius 1 is 1.19 bits per heavy atom. The van der Waals surface area contributed by atoms with Gasteiger partial charge in [0, 0.05) is 12.6 Å². The molecule has 1 rings (SSSR count). The van der Waals surface area contributed by atoms with E-state index in [-0.39, 0.29) is 24.2 Å². The number of hydrogen-bond donors (Lipinski definition) is 3. The van der Waals surface area contributed by atoms with Crippen LogP contribution < -0.4 is 10.6 Å². The number of amides is 2. The van der Waals surface area contributed by atoms with E-state index in [0.29, 0.717) is 11.3 Å². The molecule has 0 saturated heterocycles. The molecule has 6 nitrogen and oxygen atoms in total. The number of aliphatic carboxylic acids is 1. The van der Waals surface area contributed by atoms with Crippen molar-refractivity contribution in [3.63, 3.8) is 0 Å². The van der Waals surface area contributed by atoms with E-state index in [4.69, 9.17) is 5.11 Å².